The van der Waals surface area contributed by atoms with Crippen LogP contribution in [0.15, 0.2) is 0 Å². The summed E-state index contributed by atoms with van der Waals surface area (Å²) in [5.41, 5.74) is 8.81. The van der Waals surface area contributed by atoms with Crippen molar-refractivity contribution in [2.45, 2.75) is 20.0 Å². The zero-order valence-electron chi connectivity index (χ0n) is 9.86. The van der Waals surface area contributed by atoms with Crippen LogP contribution in [-0.4, -0.2) is 36.7 Å². The van der Waals surface area contributed by atoms with E-state index in [0.717, 1.165) is 42.5 Å². The molecule has 2 N–H and O–H groups in total. The molecule has 16 heavy (non-hydrogen) atoms. The number of likely N-dealkylation sites (N-methyl/N-ethyl adjacent to an activating group) is 1. The third-order valence-corrected chi connectivity index (χ3v) is 2.82. The van der Waals surface area contributed by atoms with Crippen LogP contribution in [-0.2, 0) is 17.8 Å². The van der Waals surface area contributed by atoms with Gasteiger partial charge in [0.2, 0.25) is 5.95 Å². The summed E-state index contributed by atoms with van der Waals surface area (Å²) >= 11 is 0. The number of anilines is 1. The minimum atomic E-state index is 0.610. The maximum Gasteiger partial charge on any atom is 0.225 e. The Balaban J connectivity index is 2.31. The van der Waals surface area contributed by atoms with Crippen molar-refractivity contribution in [2.75, 3.05) is 31.6 Å². The van der Waals surface area contributed by atoms with Crippen molar-refractivity contribution >= 4 is 5.95 Å². The van der Waals surface area contributed by atoms with Crippen LogP contribution in [0.1, 0.15) is 17.0 Å². The lowest BCUT2D eigenvalue weighted by Crippen LogP contribution is -2.28. The second-order valence-corrected chi connectivity index (χ2v) is 4.05. The maximum absolute atomic E-state index is 5.53. The number of hydrogen-bond acceptors (Lipinski definition) is 5. The van der Waals surface area contributed by atoms with Crippen molar-refractivity contribution < 1.29 is 4.74 Å². The van der Waals surface area contributed by atoms with E-state index in [1.807, 2.05) is 18.9 Å². The molecule has 0 aromatic carbocycles. The van der Waals surface area contributed by atoms with E-state index in [-0.39, 0.29) is 0 Å². The van der Waals surface area contributed by atoms with Gasteiger partial charge in [-0.15, -0.1) is 0 Å². The van der Waals surface area contributed by atoms with E-state index in [0.29, 0.717) is 13.2 Å². The van der Waals surface area contributed by atoms with E-state index in [9.17, 15) is 0 Å². The monoisotopic (exact) mass is 222 g/mol. The Labute approximate surface area is 95.6 Å². The first-order chi connectivity index (χ1) is 7.72. The molecule has 0 spiro atoms. The highest BCUT2D eigenvalue weighted by molar-refractivity contribution is 5.36. The second-order valence-electron chi connectivity index (χ2n) is 4.05. The topological polar surface area (TPSA) is 64.3 Å². The highest BCUT2D eigenvalue weighted by atomic mass is 16.5. The molecule has 0 bridgehead atoms. The first-order valence-corrected chi connectivity index (χ1v) is 5.57. The van der Waals surface area contributed by atoms with Gasteiger partial charge in [0.15, 0.2) is 0 Å². The van der Waals surface area contributed by atoms with Crippen LogP contribution < -0.4 is 10.6 Å². The Kier molecular flexibility index (Phi) is 3.36. The standard InChI is InChI=1S/C11H18N4O/c1-8-9-7-16-6-3-10(9)14-11(13-8)15(2)5-4-12/h3-7,12H2,1-2H3. The lowest BCUT2D eigenvalue weighted by molar-refractivity contribution is 0.108. The van der Waals surface area contributed by atoms with Gasteiger partial charge in [-0.25, -0.2) is 9.97 Å². The molecule has 0 unspecified atom stereocenters. The fourth-order valence-corrected chi connectivity index (χ4v) is 1.84. The highest BCUT2D eigenvalue weighted by Gasteiger charge is 2.16. The number of aryl methyl sites for hydroxylation is 1. The van der Waals surface area contributed by atoms with Crippen molar-refractivity contribution in [3.05, 3.63) is 17.0 Å². The van der Waals surface area contributed by atoms with Gasteiger partial charge in [0, 0.05) is 37.8 Å². The van der Waals surface area contributed by atoms with Gasteiger partial charge in [-0.3, -0.25) is 0 Å². The van der Waals surface area contributed by atoms with Crippen LogP contribution in [0.25, 0.3) is 0 Å². The van der Waals surface area contributed by atoms with E-state index >= 15 is 0 Å². The second kappa shape index (κ2) is 4.76. The largest absolute Gasteiger partial charge is 0.376 e. The lowest BCUT2D eigenvalue weighted by Gasteiger charge is -2.22. The molecule has 88 valence electrons. The predicted molar refractivity (Wildman–Crippen MR) is 62.5 cm³/mol. The van der Waals surface area contributed by atoms with E-state index in [1.165, 1.54) is 0 Å². The van der Waals surface area contributed by atoms with Gasteiger partial charge in [0.05, 0.1) is 18.9 Å². The first kappa shape index (κ1) is 11.3. The first-order valence-electron chi connectivity index (χ1n) is 5.57. The number of aromatic nitrogens is 2. The molecule has 1 aromatic heterocycles. The Morgan fingerprint density at radius 3 is 3.00 bits per heavy atom. The van der Waals surface area contributed by atoms with Crippen LogP contribution in [0.5, 0.6) is 0 Å². The maximum atomic E-state index is 5.53. The minimum Gasteiger partial charge on any atom is -0.376 e. The normalized spacial score (nSPS) is 14.7. The summed E-state index contributed by atoms with van der Waals surface area (Å²) in [6.45, 7) is 4.79. The summed E-state index contributed by atoms with van der Waals surface area (Å²) in [6.07, 6.45) is 0.877. The summed E-state index contributed by atoms with van der Waals surface area (Å²) in [5, 5.41) is 0. The smallest absolute Gasteiger partial charge is 0.225 e. The molecule has 0 amide bonds. The van der Waals surface area contributed by atoms with Gasteiger partial charge >= 0.3 is 0 Å². The summed E-state index contributed by atoms with van der Waals surface area (Å²) in [6, 6.07) is 0. The number of nitrogens with zero attached hydrogens (tertiary/aromatic N) is 3. The molecule has 0 fully saturated rings. The van der Waals surface area contributed by atoms with Gasteiger partial charge in [-0.1, -0.05) is 0 Å². The summed E-state index contributed by atoms with van der Waals surface area (Å²) in [4.78, 5) is 11.0. The fourth-order valence-electron chi connectivity index (χ4n) is 1.84. The summed E-state index contributed by atoms with van der Waals surface area (Å²) < 4.78 is 5.41. The Hall–Kier alpha value is -1.20. The van der Waals surface area contributed by atoms with Crippen LogP contribution in [0, 0.1) is 6.92 Å². The van der Waals surface area contributed by atoms with E-state index < -0.39 is 0 Å². The molecule has 2 heterocycles. The molecule has 1 aliphatic heterocycles. The number of hydrogen-bond donors (Lipinski definition) is 1. The lowest BCUT2D eigenvalue weighted by atomic mass is 10.1. The Bertz CT molecular complexity index is 380. The zero-order chi connectivity index (χ0) is 11.5. The molecule has 0 atom stereocenters. The quantitative estimate of drug-likeness (QED) is 0.794. The molecule has 5 heteroatoms. The molecule has 2 rings (SSSR count). The third kappa shape index (κ3) is 2.15. The number of ether oxygens (including phenoxy) is 1. The average Bonchev–Trinajstić information content (AvgIpc) is 2.29. The molecule has 1 aromatic rings. The van der Waals surface area contributed by atoms with Gasteiger partial charge in [-0.2, -0.15) is 0 Å². The van der Waals surface area contributed by atoms with Crippen molar-refractivity contribution in [2.24, 2.45) is 5.73 Å². The van der Waals surface area contributed by atoms with E-state index in [1.54, 1.807) is 0 Å². The number of nitrogens with two attached hydrogens (primary N) is 1. The summed E-state index contributed by atoms with van der Waals surface area (Å²) in [7, 11) is 1.97. The SMILES string of the molecule is Cc1nc(N(C)CCN)nc2c1COCC2. The molecule has 0 saturated heterocycles. The van der Waals surface area contributed by atoms with Crippen LogP contribution in [0.4, 0.5) is 5.95 Å². The van der Waals surface area contributed by atoms with Gasteiger partial charge in [0.25, 0.3) is 0 Å². The molecular weight excluding hydrogens is 204 g/mol. The molecular formula is C11H18N4O. The van der Waals surface area contributed by atoms with Crippen LogP contribution in [0.2, 0.25) is 0 Å². The molecule has 5 nitrogen and oxygen atoms in total. The van der Waals surface area contributed by atoms with Crippen molar-refractivity contribution in [3.63, 3.8) is 0 Å². The predicted octanol–water partition coefficient (Wildman–Crippen LogP) is 0.253. The van der Waals surface area contributed by atoms with Crippen molar-refractivity contribution in [3.8, 4) is 0 Å². The zero-order valence-corrected chi connectivity index (χ0v) is 9.86. The highest BCUT2D eigenvalue weighted by Crippen LogP contribution is 2.20. The van der Waals surface area contributed by atoms with Gasteiger partial charge in [-0.05, 0) is 6.92 Å². The Morgan fingerprint density at radius 1 is 1.44 bits per heavy atom. The van der Waals surface area contributed by atoms with Gasteiger partial charge < -0.3 is 15.4 Å². The molecule has 0 radical (unpaired) electrons. The van der Waals surface area contributed by atoms with Crippen LogP contribution in [0.3, 0.4) is 0 Å². The van der Waals surface area contributed by atoms with Crippen LogP contribution >= 0.6 is 0 Å². The third-order valence-electron chi connectivity index (χ3n) is 2.82. The molecule has 0 saturated carbocycles. The van der Waals surface area contributed by atoms with Crippen molar-refractivity contribution in [1.82, 2.24) is 9.97 Å². The van der Waals surface area contributed by atoms with Gasteiger partial charge in [0.1, 0.15) is 0 Å². The van der Waals surface area contributed by atoms with E-state index in [2.05, 4.69) is 9.97 Å². The Morgan fingerprint density at radius 2 is 2.25 bits per heavy atom. The van der Waals surface area contributed by atoms with Crippen molar-refractivity contribution in [1.29, 1.82) is 0 Å². The number of fused-ring (bicyclic) bond motifs is 1. The molecule has 0 aliphatic carbocycles. The van der Waals surface area contributed by atoms with E-state index in [4.69, 9.17) is 10.5 Å². The average molecular weight is 222 g/mol. The number of rotatable bonds is 3. The molecule has 1 aliphatic rings. The minimum absolute atomic E-state index is 0.610. The fraction of sp³-hybridized carbons (Fsp3) is 0.636. The summed E-state index contributed by atoms with van der Waals surface area (Å²) in [5.74, 6) is 0.767.